The highest BCUT2D eigenvalue weighted by molar-refractivity contribution is 5.22. The van der Waals surface area contributed by atoms with Crippen LogP contribution in [-0.2, 0) is 0 Å². The molecule has 1 aliphatic heterocycles. The number of likely N-dealkylation sites (tertiary alicyclic amines) is 1. The van der Waals surface area contributed by atoms with Crippen molar-refractivity contribution in [3.8, 4) is 0 Å². The molecule has 0 amide bonds. The van der Waals surface area contributed by atoms with Crippen LogP contribution in [0.3, 0.4) is 0 Å². The van der Waals surface area contributed by atoms with Crippen molar-refractivity contribution in [2.24, 2.45) is 0 Å². The number of hydrogen-bond donors (Lipinski definition) is 0. The van der Waals surface area contributed by atoms with E-state index in [4.69, 9.17) is 0 Å². The molecule has 14 heavy (non-hydrogen) atoms. The van der Waals surface area contributed by atoms with Gasteiger partial charge in [-0.05, 0) is 38.4 Å². The molecule has 1 nitrogen and oxygen atoms in total. The molecule has 0 aromatic rings. The molecule has 1 heterocycles. The Labute approximate surface area is 87.8 Å². The first kappa shape index (κ1) is 11.3. The van der Waals surface area contributed by atoms with E-state index in [1.165, 1.54) is 31.4 Å². The van der Waals surface area contributed by atoms with E-state index in [1.54, 1.807) is 0 Å². The lowest BCUT2D eigenvalue weighted by Gasteiger charge is -2.32. The number of nitrogens with zero attached hydrogens (tertiary/aromatic N) is 1. The molecule has 1 rings (SSSR count). The molecular weight excluding hydrogens is 170 g/mol. The molecule has 1 unspecified atom stereocenters. The van der Waals surface area contributed by atoms with Crippen molar-refractivity contribution in [3.63, 3.8) is 0 Å². The van der Waals surface area contributed by atoms with E-state index in [0.29, 0.717) is 6.04 Å². The Morgan fingerprint density at radius 2 is 2.21 bits per heavy atom. The van der Waals surface area contributed by atoms with Crippen LogP contribution < -0.4 is 0 Å². The number of hydrogen-bond acceptors (Lipinski definition) is 1. The van der Waals surface area contributed by atoms with Crippen molar-refractivity contribution in [2.75, 3.05) is 13.6 Å². The first-order valence-corrected chi connectivity index (χ1v) is 5.42. The minimum atomic E-state index is 0.702. The molecule has 0 aliphatic carbocycles. The molecule has 0 N–H and O–H groups in total. The molecule has 0 radical (unpaired) electrons. The van der Waals surface area contributed by atoms with Crippen LogP contribution in [0.15, 0.2) is 37.0 Å². The van der Waals surface area contributed by atoms with Gasteiger partial charge in [-0.25, -0.2) is 0 Å². The fraction of sp³-hybridized carbons (Fsp3) is 0.538. The predicted molar refractivity (Wildman–Crippen MR) is 63.4 cm³/mol. The molecular formula is C13H21N. The molecule has 0 aromatic carbocycles. The van der Waals surface area contributed by atoms with Crippen molar-refractivity contribution in [1.29, 1.82) is 0 Å². The van der Waals surface area contributed by atoms with E-state index in [1.807, 2.05) is 12.2 Å². The van der Waals surface area contributed by atoms with Crippen LogP contribution in [0.5, 0.6) is 0 Å². The lowest BCUT2D eigenvalue weighted by Crippen LogP contribution is -2.36. The quantitative estimate of drug-likeness (QED) is 0.617. The van der Waals surface area contributed by atoms with Crippen LogP contribution in [0.4, 0.5) is 0 Å². The van der Waals surface area contributed by atoms with Crippen molar-refractivity contribution >= 4 is 0 Å². The lowest BCUT2D eigenvalue weighted by molar-refractivity contribution is 0.185. The summed E-state index contributed by atoms with van der Waals surface area (Å²) in [6.07, 6.45) is 11.0. The van der Waals surface area contributed by atoms with Crippen molar-refractivity contribution < 1.29 is 0 Å². The van der Waals surface area contributed by atoms with Crippen molar-refractivity contribution in [2.45, 2.75) is 31.7 Å². The first-order chi connectivity index (χ1) is 6.77. The van der Waals surface area contributed by atoms with E-state index >= 15 is 0 Å². The molecule has 1 fully saturated rings. The Balaban J connectivity index is 2.52. The first-order valence-electron chi connectivity index (χ1n) is 5.42. The molecule has 1 aliphatic rings. The molecule has 0 spiro atoms. The highest BCUT2D eigenvalue weighted by Gasteiger charge is 2.18. The Kier molecular flexibility index (Phi) is 4.68. The Hall–Kier alpha value is -0.820. The summed E-state index contributed by atoms with van der Waals surface area (Å²) < 4.78 is 0. The van der Waals surface area contributed by atoms with Crippen LogP contribution in [0, 0.1) is 0 Å². The Morgan fingerprint density at radius 3 is 2.79 bits per heavy atom. The zero-order valence-electron chi connectivity index (χ0n) is 9.21. The zero-order chi connectivity index (χ0) is 10.4. The van der Waals surface area contributed by atoms with E-state index < -0.39 is 0 Å². The second-order valence-corrected chi connectivity index (χ2v) is 4.02. The molecule has 0 aromatic heterocycles. The number of rotatable bonds is 4. The summed E-state index contributed by atoms with van der Waals surface area (Å²) in [6.45, 7) is 8.80. The van der Waals surface area contributed by atoms with Gasteiger partial charge in [-0.1, -0.05) is 37.8 Å². The normalized spacial score (nSPS) is 24.6. The fourth-order valence-electron chi connectivity index (χ4n) is 2.04. The monoisotopic (exact) mass is 191 g/mol. The summed E-state index contributed by atoms with van der Waals surface area (Å²) in [4.78, 5) is 2.46. The van der Waals surface area contributed by atoms with Crippen LogP contribution in [0.1, 0.15) is 25.7 Å². The minimum Gasteiger partial charge on any atom is -0.303 e. The third-order valence-corrected chi connectivity index (χ3v) is 2.99. The van der Waals surface area contributed by atoms with Gasteiger partial charge in [-0.15, -0.1) is 0 Å². The average molecular weight is 191 g/mol. The second kappa shape index (κ2) is 5.82. The molecule has 0 bridgehead atoms. The summed E-state index contributed by atoms with van der Waals surface area (Å²) in [5.41, 5.74) is 1.30. The summed E-state index contributed by atoms with van der Waals surface area (Å²) in [7, 11) is 2.22. The summed E-state index contributed by atoms with van der Waals surface area (Å²) in [5, 5.41) is 0. The Morgan fingerprint density at radius 1 is 1.43 bits per heavy atom. The van der Waals surface area contributed by atoms with Gasteiger partial charge >= 0.3 is 0 Å². The molecule has 78 valence electrons. The topological polar surface area (TPSA) is 3.24 Å². The predicted octanol–water partition coefficient (Wildman–Crippen LogP) is 3.16. The van der Waals surface area contributed by atoms with Gasteiger partial charge in [-0.3, -0.25) is 0 Å². The van der Waals surface area contributed by atoms with Crippen LogP contribution in [0.2, 0.25) is 0 Å². The Bertz CT molecular complexity index is 227. The summed E-state index contributed by atoms with van der Waals surface area (Å²) in [5.74, 6) is 0. The van der Waals surface area contributed by atoms with E-state index in [0.717, 1.165) is 6.42 Å². The maximum atomic E-state index is 3.84. The zero-order valence-corrected chi connectivity index (χ0v) is 9.21. The molecule has 1 heteroatoms. The van der Waals surface area contributed by atoms with Gasteiger partial charge in [-0.2, -0.15) is 0 Å². The van der Waals surface area contributed by atoms with Gasteiger partial charge in [0, 0.05) is 6.04 Å². The highest BCUT2D eigenvalue weighted by Crippen LogP contribution is 2.21. The standard InChI is InChI=1S/C13H21N/c1-4-8-12(5-2)11-13-9-6-7-10-14(13)3/h4-5,8,13H,1-2,6-7,9-11H2,3H3/b12-8+. The van der Waals surface area contributed by atoms with Crippen LogP contribution in [-0.4, -0.2) is 24.5 Å². The van der Waals surface area contributed by atoms with Crippen molar-refractivity contribution in [1.82, 2.24) is 4.90 Å². The van der Waals surface area contributed by atoms with Crippen LogP contribution in [0.25, 0.3) is 0 Å². The maximum absolute atomic E-state index is 3.84. The SMILES string of the molecule is C=C/C=C(\C=C)CC1CCCCN1C. The molecule has 1 atom stereocenters. The van der Waals surface area contributed by atoms with E-state index in [9.17, 15) is 0 Å². The minimum absolute atomic E-state index is 0.702. The third kappa shape index (κ3) is 3.15. The maximum Gasteiger partial charge on any atom is 0.0133 e. The van der Waals surface area contributed by atoms with Gasteiger partial charge in [0.2, 0.25) is 0 Å². The number of piperidine rings is 1. The lowest BCUT2D eigenvalue weighted by atomic mass is 9.96. The number of allylic oxidation sites excluding steroid dienone is 3. The smallest absolute Gasteiger partial charge is 0.0133 e. The highest BCUT2D eigenvalue weighted by atomic mass is 15.1. The fourth-order valence-corrected chi connectivity index (χ4v) is 2.04. The molecule has 0 saturated carbocycles. The summed E-state index contributed by atoms with van der Waals surface area (Å²) in [6, 6.07) is 0.702. The average Bonchev–Trinajstić information content (AvgIpc) is 2.20. The van der Waals surface area contributed by atoms with Gasteiger partial charge in [0.1, 0.15) is 0 Å². The van der Waals surface area contributed by atoms with E-state index in [-0.39, 0.29) is 0 Å². The van der Waals surface area contributed by atoms with Gasteiger partial charge in [0.15, 0.2) is 0 Å². The van der Waals surface area contributed by atoms with Gasteiger partial charge in [0.05, 0.1) is 0 Å². The van der Waals surface area contributed by atoms with Gasteiger partial charge < -0.3 is 4.90 Å². The summed E-state index contributed by atoms with van der Waals surface area (Å²) >= 11 is 0. The third-order valence-electron chi connectivity index (χ3n) is 2.99. The van der Waals surface area contributed by atoms with E-state index in [2.05, 4.69) is 31.2 Å². The second-order valence-electron chi connectivity index (χ2n) is 4.02. The molecule has 1 saturated heterocycles. The van der Waals surface area contributed by atoms with Crippen molar-refractivity contribution in [3.05, 3.63) is 37.0 Å². The van der Waals surface area contributed by atoms with Gasteiger partial charge in [0.25, 0.3) is 0 Å². The van der Waals surface area contributed by atoms with Crippen LogP contribution >= 0.6 is 0 Å². The largest absolute Gasteiger partial charge is 0.303 e.